The number of aliphatic carboxylic acids is 1. The average Bonchev–Trinajstić information content (AvgIpc) is 2.60. The monoisotopic (exact) mass is 342 g/mol. The standard InChI is InChI=1S/C21H26O4/c1-3-4-12-24-18-10-11-19(16(2)13-21(22)23)20(14-18)25-15-17-8-6-5-7-9-17/h5-11,14,16H,3-4,12-13,15H2,1-2H3,(H,22,23). The van der Waals surface area contributed by atoms with Crippen molar-refractivity contribution in [2.45, 2.75) is 45.6 Å². The van der Waals surface area contributed by atoms with E-state index in [1.54, 1.807) is 0 Å². The van der Waals surface area contributed by atoms with Gasteiger partial charge in [0.1, 0.15) is 18.1 Å². The molecule has 0 aliphatic heterocycles. The lowest BCUT2D eigenvalue weighted by atomic mass is 9.96. The predicted molar refractivity (Wildman–Crippen MR) is 98.3 cm³/mol. The molecular formula is C21H26O4. The van der Waals surface area contributed by atoms with Crippen LogP contribution in [-0.2, 0) is 11.4 Å². The second-order valence-electron chi connectivity index (χ2n) is 6.17. The number of carboxylic acids is 1. The maximum Gasteiger partial charge on any atom is 0.303 e. The molecule has 25 heavy (non-hydrogen) atoms. The number of hydrogen-bond donors (Lipinski definition) is 1. The highest BCUT2D eigenvalue weighted by atomic mass is 16.5. The van der Waals surface area contributed by atoms with Crippen molar-refractivity contribution in [3.8, 4) is 11.5 Å². The average molecular weight is 342 g/mol. The third-order valence-electron chi connectivity index (χ3n) is 4.00. The molecule has 0 amide bonds. The molecule has 0 aliphatic rings. The molecule has 1 N–H and O–H groups in total. The van der Waals surface area contributed by atoms with Crippen LogP contribution >= 0.6 is 0 Å². The second kappa shape index (κ2) is 9.72. The van der Waals surface area contributed by atoms with Crippen molar-refractivity contribution in [2.75, 3.05) is 6.61 Å². The van der Waals surface area contributed by atoms with Crippen LogP contribution in [0, 0.1) is 0 Å². The fourth-order valence-electron chi connectivity index (χ4n) is 2.58. The van der Waals surface area contributed by atoms with Crippen LogP contribution in [0.4, 0.5) is 0 Å². The van der Waals surface area contributed by atoms with Crippen LogP contribution < -0.4 is 9.47 Å². The summed E-state index contributed by atoms with van der Waals surface area (Å²) in [7, 11) is 0. The maximum atomic E-state index is 11.0. The molecular weight excluding hydrogens is 316 g/mol. The van der Waals surface area contributed by atoms with Crippen LogP contribution in [0.2, 0.25) is 0 Å². The first-order valence-corrected chi connectivity index (χ1v) is 8.75. The van der Waals surface area contributed by atoms with Gasteiger partial charge in [-0.3, -0.25) is 4.79 Å². The van der Waals surface area contributed by atoms with Crippen LogP contribution in [0.5, 0.6) is 11.5 Å². The molecule has 0 fully saturated rings. The summed E-state index contributed by atoms with van der Waals surface area (Å²) < 4.78 is 11.8. The summed E-state index contributed by atoms with van der Waals surface area (Å²) in [5.41, 5.74) is 1.96. The molecule has 0 bridgehead atoms. The first kappa shape index (κ1) is 18.8. The van der Waals surface area contributed by atoms with E-state index in [-0.39, 0.29) is 12.3 Å². The Morgan fingerprint density at radius 3 is 2.56 bits per heavy atom. The lowest BCUT2D eigenvalue weighted by Crippen LogP contribution is -2.06. The highest BCUT2D eigenvalue weighted by Crippen LogP contribution is 2.33. The Hall–Kier alpha value is -2.49. The Kier molecular flexibility index (Phi) is 7.33. The van der Waals surface area contributed by atoms with Crippen LogP contribution in [0.1, 0.15) is 50.2 Å². The Morgan fingerprint density at radius 1 is 1.12 bits per heavy atom. The van der Waals surface area contributed by atoms with Gasteiger partial charge in [0.25, 0.3) is 0 Å². The maximum absolute atomic E-state index is 11.0. The van der Waals surface area contributed by atoms with E-state index in [9.17, 15) is 4.79 Å². The Morgan fingerprint density at radius 2 is 1.88 bits per heavy atom. The summed E-state index contributed by atoms with van der Waals surface area (Å²) >= 11 is 0. The Balaban J connectivity index is 2.17. The van der Waals surface area contributed by atoms with E-state index in [1.807, 2.05) is 55.5 Å². The molecule has 0 saturated heterocycles. The van der Waals surface area contributed by atoms with Gasteiger partial charge in [0.15, 0.2) is 0 Å². The van der Waals surface area contributed by atoms with E-state index < -0.39 is 5.97 Å². The lowest BCUT2D eigenvalue weighted by Gasteiger charge is -2.17. The third kappa shape index (κ3) is 6.14. The minimum absolute atomic E-state index is 0.0672. The molecule has 2 rings (SSSR count). The number of benzene rings is 2. The van der Waals surface area contributed by atoms with Gasteiger partial charge >= 0.3 is 5.97 Å². The van der Waals surface area contributed by atoms with Gasteiger partial charge in [0, 0.05) is 6.07 Å². The smallest absolute Gasteiger partial charge is 0.303 e. The quantitative estimate of drug-likeness (QED) is 0.616. The number of carboxylic acid groups (broad SMARTS) is 1. The molecule has 134 valence electrons. The predicted octanol–water partition coefficient (Wildman–Crippen LogP) is 5.02. The fraction of sp³-hybridized carbons (Fsp3) is 0.381. The van der Waals surface area contributed by atoms with E-state index in [2.05, 4.69) is 6.92 Å². The van der Waals surface area contributed by atoms with Crippen molar-refractivity contribution in [3.05, 3.63) is 59.7 Å². The van der Waals surface area contributed by atoms with Crippen molar-refractivity contribution < 1.29 is 19.4 Å². The molecule has 0 aliphatic carbocycles. The topological polar surface area (TPSA) is 55.8 Å². The normalized spacial score (nSPS) is 11.8. The summed E-state index contributed by atoms with van der Waals surface area (Å²) in [6, 6.07) is 15.6. The van der Waals surface area contributed by atoms with Crippen LogP contribution in [-0.4, -0.2) is 17.7 Å². The zero-order valence-electron chi connectivity index (χ0n) is 14.9. The molecule has 4 nitrogen and oxygen atoms in total. The van der Waals surface area contributed by atoms with Gasteiger partial charge in [0.05, 0.1) is 13.0 Å². The Bertz CT molecular complexity index is 667. The molecule has 2 aromatic rings. The number of hydrogen-bond acceptors (Lipinski definition) is 3. The van der Waals surface area contributed by atoms with Gasteiger partial charge in [-0.1, -0.05) is 56.7 Å². The summed E-state index contributed by atoms with van der Waals surface area (Å²) in [6.45, 7) is 5.12. The molecule has 0 heterocycles. The molecule has 1 atom stereocenters. The number of ether oxygens (including phenoxy) is 2. The van der Waals surface area contributed by atoms with Gasteiger partial charge in [-0.2, -0.15) is 0 Å². The summed E-state index contributed by atoms with van der Waals surface area (Å²) in [5, 5.41) is 9.08. The molecule has 0 radical (unpaired) electrons. The molecule has 0 aromatic heterocycles. The zero-order valence-corrected chi connectivity index (χ0v) is 14.9. The van der Waals surface area contributed by atoms with E-state index in [4.69, 9.17) is 14.6 Å². The SMILES string of the molecule is CCCCOc1ccc(C(C)CC(=O)O)c(OCc2ccccc2)c1. The zero-order chi connectivity index (χ0) is 18.1. The highest BCUT2D eigenvalue weighted by Gasteiger charge is 2.16. The first-order chi connectivity index (χ1) is 12.1. The van der Waals surface area contributed by atoms with Crippen LogP contribution in [0.3, 0.4) is 0 Å². The van der Waals surface area contributed by atoms with E-state index in [0.29, 0.717) is 19.0 Å². The van der Waals surface area contributed by atoms with Crippen molar-refractivity contribution >= 4 is 5.97 Å². The van der Waals surface area contributed by atoms with Crippen molar-refractivity contribution in [2.24, 2.45) is 0 Å². The molecule has 1 unspecified atom stereocenters. The first-order valence-electron chi connectivity index (χ1n) is 8.75. The largest absolute Gasteiger partial charge is 0.493 e. The summed E-state index contributed by atoms with van der Waals surface area (Å²) in [4.78, 5) is 11.0. The summed E-state index contributed by atoms with van der Waals surface area (Å²) in [6.07, 6.45) is 2.14. The number of unbranched alkanes of at least 4 members (excludes halogenated alkanes) is 1. The van der Waals surface area contributed by atoms with Gasteiger partial charge in [-0.25, -0.2) is 0 Å². The van der Waals surface area contributed by atoms with Crippen molar-refractivity contribution in [3.63, 3.8) is 0 Å². The van der Waals surface area contributed by atoms with Gasteiger partial charge in [0.2, 0.25) is 0 Å². The minimum Gasteiger partial charge on any atom is -0.493 e. The van der Waals surface area contributed by atoms with E-state index in [1.165, 1.54) is 0 Å². The Labute approximate surface area is 149 Å². The molecule has 4 heteroatoms. The highest BCUT2D eigenvalue weighted by molar-refractivity contribution is 5.68. The molecule has 0 saturated carbocycles. The van der Waals surface area contributed by atoms with E-state index in [0.717, 1.165) is 29.7 Å². The summed E-state index contributed by atoms with van der Waals surface area (Å²) in [5.74, 6) is 0.493. The van der Waals surface area contributed by atoms with Crippen molar-refractivity contribution in [1.29, 1.82) is 0 Å². The van der Waals surface area contributed by atoms with Gasteiger partial charge in [-0.15, -0.1) is 0 Å². The number of carbonyl (C=O) groups is 1. The molecule has 0 spiro atoms. The van der Waals surface area contributed by atoms with E-state index >= 15 is 0 Å². The third-order valence-corrected chi connectivity index (χ3v) is 4.00. The van der Waals surface area contributed by atoms with Crippen LogP contribution in [0.15, 0.2) is 48.5 Å². The van der Waals surface area contributed by atoms with Crippen molar-refractivity contribution in [1.82, 2.24) is 0 Å². The minimum atomic E-state index is -0.815. The number of rotatable bonds is 10. The molecule has 2 aromatic carbocycles. The second-order valence-corrected chi connectivity index (χ2v) is 6.17. The fourth-order valence-corrected chi connectivity index (χ4v) is 2.58. The lowest BCUT2D eigenvalue weighted by molar-refractivity contribution is -0.137. The van der Waals surface area contributed by atoms with Gasteiger partial charge < -0.3 is 14.6 Å². The van der Waals surface area contributed by atoms with Gasteiger partial charge in [-0.05, 0) is 29.5 Å². The van der Waals surface area contributed by atoms with Crippen LogP contribution in [0.25, 0.3) is 0 Å².